The van der Waals surface area contributed by atoms with Gasteiger partial charge in [0.15, 0.2) is 0 Å². The zero-order chi connectivity index (χ0) is 12.0. The summed E-state index contributed by atoms with van der Waals surface area (Å²) in [5.41, 5.74) is 0.537. The van der Waals surface area contributed by atoms with Gasteiger partial charge in [0.05, 0.1) is 11.0 Å². The minimum Gasteiger partial charge on any atom is -0.744 e. The van der Waals surface area contributed by atoms with Crippen LogP contribution in [0.1, 0.15) is 24.8 Å². The maximum atomic E-state index is 10.9. The van der Waals surface area contributed by atoms with Crippen molar-refractivity contribution in [2.45, 2.75) is 30.6 Å². The van der Waals surface area contributed by atoms with Crippen LogP contribution in [-0.2, 0) is 16.5 Å². The molecule has 0 heterocycles. The van der Waals surface area contributed by atoms with Crippen molar-refractivity contribution >= 4 is 10.1 Å². The molecule has 1 aromatic carbocycles. The fraction of sp³-hybridized carbons (Fsp3) is 0.364. The smallest absolute Gasteiger partial charge is 0.744 e. The van der Waals surface area contributed by atoms with Gasteiger partial charge in [-0.3, -0.25) is 0 Å². The van der Waals surface area contributed by atoms with Gasteiger partial charge in [0.1, 0.15) is 10.1 Å². The Balaban J connectivity index is 0.00000256. The monoisotopic (exact) mass is 261 g/mol. The largest absolute Gasteiger partial charge is 1.00 e. The maximum Gasteiger partial charge on any atom is 1.00 e. The molecule has 1 rings (SSSR count). The Morgan fingerprint density at radius 1 is 1.24 bits per heavy atom. The molecule has 0 N–H and O–H groups in total. The molecule has 0 saturated heterocycles. The summed E-state index contributed by atoms with van der Waals surface area (Å²) in [5.74, 6) is 0. The fourth-order valence-electron chi connectivity index (χ4n) is 1.47. The van der Waals surface area contributed by atoms with Gasteiger partial charge in [0.2, 0.25) is 0 Å². The molecule has 0 radical (unpaired) electrons. The summed E-state index contributed by atoms with van der Waals surface area (Å²) in [5, 5.41) is 8.35. The summed E-state index contributed by atoms with van der Waals surface area (Å²) < 4.78 is 32.8. The maximum absolute atomic E-state index is 10.9. The van der Waals surface area contributed by atoms with Crippen LogP contribution in [0.5, 0.6) is 0 Å². The molecule has 0 aromatic heterocycles. The SMILES string of the molecule is N#CCCCCc1ccccc1S(=O)(=O)[O-].[Na+]. The van der Waals surface area contributed by atoms with Gasteiger partial charge in [-0.2, -0.15) is 5.26 Å². The summed E-state index contributed by atoms with van der Waals surface area (Å²) in [6.07, 6.45) is 2.38. The molecule has 4 nitrogen and oxygen atoms in total. The molecule has 0 atom stereocenters. The van der Waals surface area contributed by atoms with E-state index in [1.54, 1.807) is 12.1 Å². The molecule has 0 aliphatic carbocycles. The summed E-state index contributed by atoms with van der Waals surface area (Å²) in [6, 6.07) is 8.21. The van der Waals surface area contributed by atoms with Gasteiger partial charge in [-0.1, -0.05) is 18.2 Å². The Bertz CT molecular complexity index is 494. The molecule has 0 fully saturated rings. The Labute approximate surface area is 124 Å². The second kappa shape index (κ2) is 7.85. The van der Waals surface area contributed by atoms with Crippen molar-refractivity contribution in [1.82, 2.24) is 0 Å². The second-order valence-electron chi connectivity index (χ2n) is 3.43. The van der Waals surface area contributed by atoms with Crippen LogP contribution in [0.3, 0.4) is 0 Å². The molecule has 0 saturated carbocycles. The minimum atomic E-state index is -4.39. The summed E-state index contributed by atoms with van der Waals surface area (Å²) in [7, 11) is -4.39. The van der Waals surface area contributed by atoms with E-state index in [2.05, 4.69) is 0 Å². The van der Waals surface area contributed by atoms with Crippen LogP contribution in [0.15, 0.2) is 29.2 Å². The van der Waals surface area contributed by atoms with Gasteiger partial charge < -0.3 is 4.55 Å². The molecule has 0 amide bonds. The first kappa shape index (κ1) is 16.6. The minimum absolute atomic E-state index is 0. The average Bonchev–Trinajstić information content (AvgIpc) is 2.24. The van der Waals surface area contributed by atoms with E-state index in [4.69, 9.17) is 5.26 Å². The molecule has 0 aliphatic heterocycles. The standard InChI is InChI=1S/C11H13NO3S.Na/c12-9-5-1-2-6-10-7-3-4-8-11(10)16(13,14)15;/h3-4,7-8H,1-2,5-6H2,(H,13,14,15);/q;+1/p-1. The van der Waals surface area contributed by atoms with E-state index < -0.39 is 10.1 Å². The molecule has 1 aromatic rings. The van der Waals surface area contributed by atoms with E-state index in [0.29, 0.717) is 31.2 Å². The number of aryl methyl sites for hydroxylation is 1. The third kappa shape index (κ3) is 5.66. The van der Waals surface area contributed by atoms with E-state index >= 15 is 0 Å². The van der Waals surface area contributed by atoms with Crippen LogP contribution in [0, 0.1) is 11.3 Å². The molecule has 0 aliphatic rings. The zero-order valence-corrected chi connectivity index (χ0v) is 12.5. The van der Waals surface area contributed by atoms with E-state index in [-0.39, 0.29) is 34.5 Å². The fourth-order valence-corrected chi connectivity index (χ4v) is 2.21. The molecule has 0 spiro atoms. The number of nitriles is 1. The van der Waals surface area contributed by atoms with Gasteiger partial charge in [0, 0.05) is 6.42 Å². The van der Waals surface area contributed by atoms with Gasteiger partial charge in [0.25, 0.3) is 0 Å². The third-order valence-corrected chi connectivity index (χ3v) is 3.16. The van der Waals surface area contributed by atoms with Crippen molar-refractivity contribution < 1.29 is 42.5 Å². The topological polar surface area (TPSA) is 81.0 Å². The average molecular weight is 261 g/mol. The predicted octanol–water partition coefficient (Wildman–Crippen LogP) is -1.17. The molecule has 0 bridgehead atoms. The van der Waals surface area contributed by atoms with Crippen molar-refractivity contribution in [3.05, 3.63) is 29.8 Å². The van der Waals surface area contributed by atoms with Crippen molar-refractivity contribution in [3.8, 4) is 6.07 Å². The third-order valence-electron chi connectivity index (χ3n) is 2.23. The molecule has 17 heavy (non-hydrogen) atoms. The number of hydrogen-bond donors (Lipinski definition) is 0. The first-order chi connectivity index (χ1) is 7.55. The van der Waals surface area contributed by atoms with Crippen molar-refractivity contribution in [2.24, 2.45) is 0 Å². The number of hydrogen-bond acceptors (Lipinski definition) is 4. The number of nitrogens with zero attached hydrogens (tertiary/aromatic N) is 1. The number of unbranched alkanes of at least 4 members (excludes halogenated alkanes) is 2. The summed E-state index contributed by atoms with van der Waals surface area (Å²) in [6.45, 7) is 0. The first-order valence-electron chi connectivity index (χ1n) is 4.96. The quantitative estimate of drug-likeness (QED) is 0.380. The Morgan fingerprint density at radius 3 is 2.47 bits per heavy atom. The van der Waals surface area contributed by atoms with E-state index in [1.807, 2.05) is 6.07 Å². The molecular formula is C11H12NNaO3S. The predicted molar refractivity (Wildman–Crippen MR) is 57.6 cm³/mol. The van der Waals surface area contributed by atoms with E-state index in [0.717, 1.165) is 0 Å². The zero-order valence-electron chi connectivity index (χ0n) is 9.72. The van der Waals surface area contributed by atoms with Crippen LogP contribution < -0.4 is 29.6 Å². The van der Waals surface area contributed by atoms with Crippen LogP contribution >= 0.6 is 0 Å². The first-order valence-corrected chi connectivity index (χ1v) is 6.37. The van der Waals surface area contributed by atoms with Crippen LogP contribution in [0.25, 0.3) is 0 Å². The number of rotatable bonds is 5. The van der Waals surface area contributed by atoms with Gasteiger partial charge >= 0.3 is 29.6 Å². The van der Waals surface area contributed by atoms with E-state index in [1.165, 1.54) is 12.1 Å². The van der Waals surface area contributed by atoms with Gasteiger partial charge in [-0.15, -0.1) is 0 Å². The van der Waals surface area contributed by atoms with Crippen molar-refractivity contribution in [3.63, 3.8) is 0 Å². The Morgan fingerprint density at radius 2 is 1.88 bits per heavy atom. The Kier molecular flexibility index (Phi) is 7.68. The van der Waals surface area contributed by atoms with Crippen LogP contribution in [0.2, 0.25) is 0 Å². The van der Waals surface area contributed by atoms with E-state index in [9.17, 15) is 13.0 Å². The van der Waals surface area contributed by atoms with Crippen LogP contribution in [-0.4, -0.2) is 13.0 Å². The van der Waals surface area contributed by atoms with Gasteiger partial charge in [-0.25, -0.2) is 8.42 Å². The summed E-state index contributed by atoms with van der Waals surface area (Å²) in [4.78, 5) is -0.146. The Hall–Kier alpha value is -0.380. The van der Waals surface area contributed by atoms with Gasteiger partial charge in [-0.05, 0) is 30.9 Å². The normalized spacial score (nSPS) is 10.4. The van der Waals surface area contributed by atoms with Crippen molar-refractivity contribution in [1.29, 1.82) is 5.26 Å². The van der Waals surface area contributed by atoms with Crippen LogP contribution in [0.4, 0.5) is 0 Å². The molecule has 0 unspecified atom stereocenters. The summed E-state index contributed by atoms with van der Waals surface area (Å²) >= 11 is 0. The second-order valence-corrected chi connectivity index (χ2v) is 4.78. The molecule has 86 valence electrons. The molecule has 6 heteroatoms. The van der Waals surface area contributed by atoms with Crippen molar-refractivity contribution in [2.75, 3.05) is 0 Å². The number of benzene rings is 1. The molecular weight excluding hydrogens is 249 g/mol.